The monoisotopic (exact) mass is 729 g/mol. The molecule has 3 aliphatic rings. The molecule has 2 fully saturated rings. The van der Waals surface area contributed by atoms with E-state index in [-0.39, 0.29) is 25.2 Å². The highest BCUT2D eigenvalue weighted by Gasteiger charge is 2.52. The average molecular weight is 730 g/mol. The second-order valence-electron chi connectivity index (χ2n) is 14.8. The quantitative estimate of drug-likeness (QED) is 0.189. The average Bonchev–Trinajstić information content (AvgIpc) is 3.03. The van der Waals surface area contributed by atoms with E-state index in [1.165, 1.54) is 7.11 Å². The number of cyclic esters (lactones) is 1. The van der Waals surface area contributed by atoms with Crippen LogP contribution in [0.25, 0.3) is 0 Å². The van der Waals surface area contributed by atoms with Gasteiger partial charge in [-0.15, -0.1) is 0 Å². The van der Waals surface area contributed by atoms with Gasteiger partial charge in [-0.1, -0.05) is 31.2 Å². The summed E-state index contributed by atoms with van der Waals surface area (Å²) in [6, 6.07) is -0.691. The van der Waals surface area contributed by atoms with Crippen molar-refractivity contribution in [1.82, 2.24) is 4.90 Å². The predicted molar refractivity (Wildman–Crippen MR) is 186 cm³/mol. The Morgan fingerprint density at radius 3 is 2.33 bits per heavy atom. The number of carbonyl (C=O) groups is 2. The fourth-order valence-electron chi connectivity index (χ4n) is 7.52. The Kier molecular flexibility index (Phi) is 17.1. The SMILES string of the molecule is CCOC1C(C)OC(OC2C(C)OC(OC3C(CC=O)CC(C)C(O)C=CC=CCC(C)OC(=O)CC(O)C3OC)C(O)C2N(C)C)CC1(C)O. The smallest absolute Gasteiger partial charge is 0.308 e. The van der Waals surface area contributed by atoms with Crippen molar-refractivity contribution >= 4 is 12.3 Å². The number of aliphatic hydroxyl groups is 4. The zero-order chi connectivity index (χ0) is 38.0. The summed E-state index contributed by atoms with van der Waals surface area (Å²) in [6.07, 6.45) is -2.73. The molecule has 3 aliphatic heterocycles. The number of ether oxygens (including phenoxy) is 7. The van der Waals surface area contributed by atoms with Crippen LogP contribution >= 0.6 is 0 Å². The summed E-state index contributed by atoms with van der Waals surface area (Å²) in [5.41, 5.74) is -1.23. The van der Waals surface area contributed by atoms with Gasteiger partial charge in [-0.2, -0.15) is 0 Å². The van der Waals surface area contributed by atoms with Crippen molar-refractivity contribution in [2.24, 2.45) is 11.8 Å². The molecule has 0 bridgehead atoms. The van der Waals surface area contributed by atoms with E-state index in [1.54, 1.807) is 58.0 Å². The first-order valence-corrected chi connectivity index (χ1v) is 18.2. The molecule has 0 aromatic rings. The van der Waals surface area contributed by atoms with Crippen LogP contribution in [0.1, 0.15) is 73.6 Å². The van der Waals surface area contributed by atoms with Crippen LogP contribution in [0.4, 0.5) is 0 Å². The summed E-state index contributed by atoms with van der Waals surface area (Å²) in [5.74, 6) is -1.62. The Balaban J connectivity index is 1.93. The van der Waals surface area contributed by atoms with Gasteiger partial charge in [0.1, 0.15) is 36.8 Å². The van der Waals surface area contributed by atoms with E-state index in [9.17, 15) is 30.0 Å². The zero-order valence-corrected chi connectivity index (χ0v) is 31.7. The number of hydrogen-bond donors (Lipinski definition) is 4. The summed E-state index contributed by atoms with van der Waals surface area (Å²) in [6.45, 7) is 11.1. The van der Waals surface area contributed by atoms with Crippen molar-refractivity contribution < 1.29 is 63.2 Å². The van der Waals surface area contributed by atoms with Crippen LogP contribution in [0.15, 0.2) is 24.3 Å². The van der Waals surface area contributed by atoms with Crippen LogP contribution in [0, 0.1) is 11.8 Å². The summed E-state index contributed by atoms with van der Waals surface area (Å²) in [5, 5.41) is 45.4. The number of aldehydes is 1. The molecule has 16 unspecified atom stereocenters. The number of likely N-dealkylation sites (N-methyl/N-ethyl adjacent to an activating group) is 1. The highest BCUT2D eigenvalue weighted by Crippen LogP contribution is 2.37. The lowest BCUT2D eigenvalue weighted by atomic mass is 9.82. The van der Waals surface area contributed by atoms with Crippen molar-refractivity contribution in [3.63, 3.8) is 0 Å². The molecule has 51 heavy (non-hydrogen) atoms. The van der Waals surface area contributed by atoms with Crippen LogP contribution in [0.5, 0.6) is 0 Å². The first-order valence-electron chi connectivity index (χ1n) is 18.2. The lowest BCUT2D eigenvalue weighted by Gasteiger charge is -2.50. The molecule has 14 nitrogen and oxygen atoms in total. The Hall–Kier alpha value is -1.82. The molecule has 0 amide bonds. The molecule has 16 atom stereocenters. The molecule has 0 saturated carbocycles. The van der Waals surface area contributed by atoms with Gasteiger partial charge < -0.3 is 63.3 Å². The van der Waals surface area contributed by atoms with Gasteiger partial charge in [0.15, 0.2) is 12.6 Å². The maximum atomic E-state index is 12.9. The largest absolute Gasteiger partial charge is 0.462 e. The molecule has 3 heterocycles. The standard InChI is InChI=1S/C37H63NO13/c1-10-46-35-24(5)48-29(20-37(35,6)44)50-32-23(4)49-36(31(43)30(32)38(7)8)51-33-25(16-17-39)18-21(2)26(40)15-13-11-12-14-22(3)47-28(42)19-27(41)34(33)45-9/h11-13,15,17,21-27,29-36,40-41,43-44H,10,14,16,18-20H2,1-9H3. The van der Waals surface area contributed by atoms with Crippen LogP contribution in [0.3, 0.4) is 0 Å². The third-order valence-electron chi connectivity index (χ3n) is 10.1. The summed E-state index contributed by atoms with van der Waals surface area (Å²) in [7, 11) is 4.93. The van der Waals surface area contributed by atoms with E-state index >= 15 is 0 Å². The molecular formula is C37H63NO13. The van der Waals surface area contributed by atoms with Gasteiger partial charge in [0.2, 0.25) is 0 Å². The van der Waals surface area contributed by atoms with Crippen LogP contribution in [-0.4, -0.2) is 151 Å². The second-order valence-corrected chi connectivity index (χ2v) is 14.8. The first-order chi connectivity index (χ1) is 24.0. The molecule has 294 valence electrons. The minimum absolute atomic E-state index is 0.0273. The molecule has 0 radical (unpaired) electrons. The van der Waals surface area contributed by atoms with Gasteiger partial charge in [0.25, 0.3) is 0 Å². The van der Waals surface area contributed by atoms with Gasteiger partial charge in [-0.25, -0.2) is 0 Å². The van der Waals surface area contributed by atoms with Crippen LogP contribution in [-0.2, 0) is 42.7 Å². The molecule has 0 aromatic heterocycles. The number of methoxy groups -OCH3 is 1. The molecule has 0 aromatic carbocycles. The minimum Gasteiger partial charge on any atom is -0.462 e. The lowest BCUT2D eigenvalue weighted by Crippen LogP contribution is -2.65. The van der Waals surface area contributed by atoms with E-state index in [2.05, 4.69) is 0 Å². The molecule has 4 N–H and O–H groups in total. The van der Waals surface area contributed by atoms with E-state index in [0.717, 1.165) is 6.29 Å². The molecule has 0 spiro atoms. The maximum absolute atomic E-state index is 12.9. The fraction of sp³-hybridized carbons (Fsp3) is 0.838. The van der Waals surface area contributed by atoms with Crippen molar-refractivity contribution in [1.29, 1.82) is 0 Å². The summed E-state index contributed by atoms with van der Waals surface area (Å²) < 4.78 is 42.5. The molecule has 3 rings (SSSR count). The zero-order valence-electron chi connectivity index (χ0n) is 31.7. The number of allylic oxidation sites excluding steroid dienone is 2. The van der Waals surface area contributed by atoms with Crippen molar-refractivity contribution in [3.8, 4) is 0 Å². The van der Waals surface area contributed by atoms with Crippen LogP contribution < -0.4 is 0 Å². The summed E-state index contributed by atoms with van der Waals surface area (Å²) in [4.78, 5) is 26.7. The highest BCUT2D eigenvalue weighted by atomic mass is 16.7. The Morgan fingerprint density at radius 2 is 1.73 bits per heavy atom. The first kappa shape index (κ1) is 43.6. The van der Waals surface area contributed by atoms with E-state index < -0.39 is 104 Å². The highest BCUT2D eigenvalue weighted by molar-refractivity contribution is 5.70. The molecule has 0 aliphatic carbocycles. The molecule has 14 heteroatoms. The number of carbonyl (C=O) groups excluding carboxylic acids is 2. The lowest BCUT2D eigenvalue weighted by molar-refractivity contribution is -0.345. The van der Waals surface area contributed by atoms with Gasteiger partial charge in [0.05, 0.1) is 48.6 Å². The third-order valence-corrected chi connectivity index (χ3v) is 10.1. The van der Waals surface area contributed by atoms with Crippen molar-refractivity contribution in [3.05, 3.63) is 24.3 Å². The van der Waals surface area contributed by atoms with Crippen molar-refractivity contribution in [2.75, 3.05) is 27.8 Å². The number of rotatable bonds is 10. The molecular weight excluding hydrogens is 666 g/mol. The Bertz CT molecular complexity index is 1130. The number of esters is 1. The normalized spacial score (nSPS) is 43.6. The number of hydrogen-bond acceptors (Lipinski definition) is 14. The number of nitrogens with zero attached hydrogens (tertiary/aromatic N) is 1. The van der Waals surface area contributed by atoms with E-state index in [0.29, 0.717) is 13.0 Å². The third kappa shape index (κ3) is 11.8. The minimum atomic E-state index is -1.41. The Labute approximate surface area is 303 Å². The Morgan fingerprint density at radius 1 is 1.02 bits per heavy atom. The van der Waals surface area contributed by atoms with Gasteiger partial charge >= 0.3 is 5.97 Å². The second kappa shape index (κ2) is 20.0. The molecule has 2 saturated heterocycles. The predicted octanol–water partition coefficient (Wildman–Crippen LogP) is 1.89. The van der Waals surface area contributed by atoms with Gasteiger partial charge in [-0.3, -0.25) is 4.79 Å². The number of aliphatic hydroxyl groups excluding tert-OH is 3. The van der Waals surface area contributed by atoms with E-state index in [4.69, 9.17) is 33.2 Å². The maximum Gasteiger partial charge on any atom is 0.308 e. The fourth-order valence-corrected chi connectivity index (χ4v) is 7.52. The summed E-state index contributed by atoms with van der Waals surface area (Å²) >= 11 is 0. The van der Waals surface area contributed by atoms with Crippen LogP contribution in [0.2, 0.25) is 0 Å². The van der Waals surface area contributed by atoms with Crippen molar-refractivity contribution in [2.45, 2.75) is 159 Å². The topological polar surface area (TPSA) is 183 Å². The van der Waals surface area contributed by atoms with Gasteiger partial charge in [-0.05, 0) is 67.0 Å². The van der Waals surface area contributed by atoms with E-state index in [1.807, 2.05) is 26.8 Å². The van der Waals surface area contributed by atoms with Gasteiger partial charge in [0, 0.05) is 33.0 Å².